The molecular weight excluding hydrogens is 238 g/mol. The monoisotopic (exact) mass is 254 g/mol. The zero-order chi connectivity index (χ0) is 13.0. The van der Waals surface area contributed by atoms with Crippen LogP contribution < -0.4 is 10.6 Å². The second-order valence-electron chi connectivity index (χ2n) is 4.58. The average Bonchev–Trinajstić information content (AvgIpc) is 2.83. The number of hydrogen-bond donors (Lipinski definition) is 2. The summed E-state index contributed by atoms with van der Waals surface area (Å²) in [6.45, 7) is 1.82. The van der Waals surface area contributed by atoms with Gasteiger partial charge in [-0.05, 0) is 43.6 Å². The van der Waals surface area contributed by atoms with Crippen LogP contribution in [0.25, 0.3) is 0 Å². The lowest BCUT2D eigenvalue weighted by atomic mass is 10.0. The molecule has 1 amide bonds. The number of halogens is 2. The second kappa shape index (κ2) is 5.91. The normalized spacial score (nSPS) is 18.9. The van der Waals surface area contributed by atoms with Crippen LogP contribution in [0.4, 0.5) is 8.78 Å². The molecule has 98 valence electrons. The van der Waals surface area contributed by atoms with Crippen molar-refractivity contribution in [1.29, 1.82) is 0 Å². The fraction of sp³-hybridized carbons (Fsp3) is 0.462. The van der Waals surface area contributed by atoms with Gasteiger partial charge in [-0.1, -0.05) is 0 Å². The lowest BCUT2D eigenvalue weighted by Gasteiger charge is -2.09. The van der Waals surface area contributed by atoms with E-state index in [-0.39, 0.29) is 18.0 Å². The Hall–Kier alpha value is -1.49. The molecule has 1 saturated heterocycles. The predicted molar refractivity (Wildman–Crippen MR) is 63.8 cm³/mol. The summed E-state index contributed by atoms with van der Waals surface area (Å²) in [4.78, 5) is 11.6. The maximum absolute atomic E-state index is 13.3. The molecule has 1 aromatic carbocycles. The van der Waals surface area contributed by atoms with Crippen LogP contribution in [0.5, 0.6) is 0 Å². The Morgan fingerprint density at radius 1 is 1.44 bits per heavy atom. The van der Waals surface area contributed by atoms with E-state index in [2.05, 4.69) is 10.6 Å². The van der Waals surface area contributed by atoms with E-state index in [1.165, 1.54) is 0 Å². The Labute approximate surface area is 105 Å². The van der Waals surface area contributed by atoms with Gasteiger partial charge in [0.05, 0.1) is 0 Å². The second-order valence-corrected chi connectivity index (χ2v) is 4.58. The van der Waals surface area contributed by atoms with Gasteiger partial charge in [0.15, 0.2) is 0 Å². The van der Waals surface area contributed by atoms with Gasteiger partial charge in [0.2, 0.25) is 5.91 Å². The lowest BCUT2D eigenvalue weighted by Crippen LogP contribution is -2.26. The molecule has 0 aliphatic carbocycles. The highest BCUT2D eigenvalue weighted by molar-refractivity contribution is 5.76. The first kappa shape index (κ1) is 13.0. The van der Waals surface area contributed by atoms with E-state index in [1.807, 2.05) is 0 Å². The van der Waals surface area contributed by atoms with Crippen LogP contribution in [0, 0.1) is 17.6 Å². The van der Waals surface area contributed by atoms with Crippen molar-refractivity contribution in [2.75, 3.05) is 13.1 Å². The predicted octanol–water partition coefficient (Wildman–Crippen LogP) is 1.58. The zero-order valence-electron chi connectivity index (χ0n) is 10.0. The van der Waals surface area contributed by atoms with E-state index in [0.29, 0.717) is 12.3 Å². The zero-order valence-corrected chi connectivity index (χ0v) is 10.0. The third-order valence-electron chi connectivity index (χ3n) is 3.12. The van der Waals surface area contributed by atoms with Crippen LogP contribution >= 0.6 is 0 Å². The molecule has 1 heterocycles. The highest BCUT2D eigenvalue weighted by atomic mass is 19.1. The Morgan fingerprint density at radius 3 is 3.00 bits per heavy atom. The van der Waals surface area contributed by atoms with Crippen LogP contribution in [-0.4, -0.2) is 19.0 Å². The van der Waals surface area contributed by atoms with Gasteiger partial charge in [-0.15, -0.1) is 0 Å². The first-order chi connectivity index (χ1) is 8.65. The van der Waals surface area contributed by atoms with E-state index in [1.54, 1.807) is 0 Å². The summed E-state index contributed by atoms with van der Waals surface area (Å²) >= 11 is 0. The van der Waals surface area contributed by atoms with E-state index < -0.39 is 11.6 Å². The SMILES string of the molecule is O=C(CC1CCNC1)NCc1cc(F)ccc1F. The van der Waals surface area contributed by atoms with Crippen molar-refractivity contribution in [3.8, 4) is 0 Å². The number of nitrogens with one attached hydrogen (secondary N) is 2. The Bertz CT molecular complexity index is 431. The summed E-state index contributed by atoms with van der Waals surface area (Å²) in [5.41, 5.74) is 0.174. The summed E-state index contributed by atoms with van der Waals surface area (Å²) in [5.74, 6) is -0.769. The van der Waals surface area contributed by atoms with E-state index in [0.717, 1.165) is 37.7 Å². The lowest BCUT2D eigenvalue weighted by molar-refractivity contribution is -0.122. The van der Waals surface area contributed by atoms with Crippen LogP contribution in [-0.2, 0) is 11.3 Å². The smallest absolute Gasteiger partial charge is 0.220 e. The Kier molecular flexibility index (Phi) is 4.25. The highest BCUT2D eigenvalue weighted by Crippen LogP contribution is 2.13. The Morgan fingerprint density at radius 2 is 2.28 bits per heavy atom. The fourth-order valence-corrected chi connectivity index (χ4v) is 2.10. The minimum atomic E-state index is -0.501. The van der Waals surface area contributed by atoms with Gasteiger partial charge in [0, 0.05) is 18.5 Å². The van der Waals surface area contributed by atoms with Crippen molar-refractivity contribution in [1.82, 2.24) is 10.6 Å². The number of hydrogen-bond acceptors (Lipinski definition) is 2. The molecule has 1 unspecified atom stereocenters. The number of rotatable bonds is 4. The van der Waals surface area contributed by atoms with Crippen LogP contribution in [0.15, 0.2) is 18.2 Å². The van der Waals surface area contributed by atoms with Crippen molar-refractivity contribution < 1.29 is 13.6 Å². The molecular formula is C13H16F2N2O. The van der Waals surface area contributed by atoms with E-state index in [4.69, 9.17) is 0 Å². The molecule has 0 saturated carbocycles. The van der Waals surface area contributed by atoms with Crippen molar-refractivity contribution in [2.45, 2.75) is 19.4 Å². The summed E-state index contributed by atoms with van der Waals surface area (Å²) in [7, 11) is 0. The summed E-state index contributed by atoms with van der Waals surface area (Å²) in [6.07, 6.45) is 1.42. The minimum Gasteiger partial charge on any atom is -0.352 e. The fourth-order valence-electron chi connectivity index (χ4n) is 2.10. The van der Waals surface area contributed by atoms with Gasteiger partial charge in [0.25, 0.3) is 0 Å². The van der Waals surface area contributed by atoms with Gasteiger partial charge in [0.1, 0.15) is 11.6 Å². The van der Waals surface area contributed by atoms with Crippen molar-refractivity contribution >= 4 is 5.91 Å². The number of carbonyl (C=O) groups is 1. The molecule has 2 rings (SSSR count). The molecule has 1 atom stereocenters. The Balaban J connectivity index is 1.83. The first-order valence-corrected chi connectivity index (χ1v) is 6.06. The quantitative estimate of drug-likeness (QED) is 0.856. The van der Waals surface area contributed by atoms with Gasteiger partial charge in [-0.25, -0.2) is 8.78 Å². The molecule has 0 spiro atoms. The largest absolute Gasteiger partial charge is 0.352 e. The van der Waals surface area contributed by atoms with Gasteiger partial charge in [-0.2, -0.15) is 0 Å². The molecule has 5 heteroatoms. The summed E-state index contributed by atoms with van der Waals surface area (Å²) < 4.78 is 26.2. The standard InChI is InChI=1S/C13H16F2N2O/c14-11-1-2-12(15)10(6-11)8-17-13(18)5-9-3-4-16-7-9/h1-2,6,9,16H,3-5,7-8H2,(H,17,18). The number of amides is 1. The highest BCUT2D eigenvalue weighted by Gasteiger charge is 2.17. The topological polar surface area (TPSA) is 41.1 Å². The number of benzene rings is 1. The minimum absolute atomic E-state index is 0.0303. The summed E-state index contributed by atoms with van der Waals surface area (Å²) in [6, 6.07) is 3.23. The first-order valence-electron chi connectivity index (χ1n) is 6.06. The van der Waals surface area contributed by atoms with Gasteiger partial charge < -0.3 is 10.6 Å². The molecule has 2 N–H and O–H groups in total. The molecule has 0 aromatic heterocycles. The summed E-state index contributed by atoms with van der Waals surface area (Å²) in [5, 5.41) is 5.80. The maximum atomic E-state index is 13.3. The molecule has 1 aliphatic heterocycles. The van der Waals surface area contributed by atoms with Crippen molar-refractivity contribution in [3.05, 3.63) is 35.4 Å². The maximum Gasteiger partial charge on any atom is 0.220 e. The molecule has 0 bridgehead atoms. The van der Waals surface area contributed by atoms with Crippen LogP contribution in [0.3, 0.4) is 0 Å². The van der Waals surface area contributed by atoms with Gasteiger partial charge in [-0.3, -0.25) is 4.79 Å². The molecule has 0 radical (unpaired) electrons. The van der Waals surface area contributed by atoms with Crippen molar-refractivity contribution in [2.24, 2.45) is 5.92 Å². The molecule has 1 aromatic rings. The third kappa shape index (κ3) is 3.50. The third-order valence-corrected chi connectivity index (χ3v) is 3.12. The van der Waals surface area contributed by atoms with E-state index in [9.17, 15) is 13.6 Å². The van der Waals surface area contributed by atoms with E-state index >= 15 is 0 Å². The van der Waals surface area contributed by atoms with Crippen molar-refractivity contribution in [3.63, 3.8) is 0 Å². The molecule has 1 fully saturated rings. The molecule has 18 heavy (non-hydrogen) atoms. The molecule has 3 nitrogen and oxygen atoms in total. The van der Waals surface area contributed by atoms with Crippen LogP contribution in [0.1, 0.15) is 18.4 Å². The molecule has 1 aliphatic rings. The van der Waals surface area contributed by atoms with Crippen LogP contribution in [0.2, 0.25) is 0 Å². The van der Waals surface area contributed by atoms with Gasteiger partial charge >= 0.3 is 0 Å². The number of carbonyl (C=O) groups excluding carboxylic acids is 1. The average molecular weight is 254 g/mol.